The van der Waals surface area contributed by atoms with Crippen molar-refractivity contribution in [3.8, 4) is 0 Å². The molecule has 0 N–H and O–H groups in total. The molecule has 0 atom stereocenters. The maximum atomic E-state index is 11.5. The lowest BCUT2D eigenvalue weighted by Gasteiger charge is -2.02. The molecular formula is C14H16O3. The van der Waals surface area contributed by atoms with Crippen LogP contribution in [0.3, 0.4) is 0 Å². The molecule has 0 amide bonds. The van der Waals surface area contributed by atoms with Crippen molar-refractivity contribution in [3.63, 3.8) is 0 Å². The highest BCUT2D eigenvalue weighted by atomic mass is 16.5. The topological polar surface area (TPSA) is 39.4 Å². The molecule has 1 heterocycles. The van der Waals surface area contributed by atoms with Gasteiger partial charge in [0.05, 0.1) is 19.3 Å². The van der Waals surface area contributed by atoms with Gasteiger partial charge in [0.15, 0.2) is 0 Å². The zero-order valence-corrected chi connectivity index (χ0v) is 10.4. The first kappa shape index (κ1) is 11.7. The van der Waals surface area contributed by atoms with E-state index in [1.165, 1.54) is 0 Å². The molecule has 2 aromatic rings. The Morgan fingerprint density at radius 2 is 2.12 bits per heavy atom. The Hall–Kier alpha value is -1.77. The largest absolute Gasteiger partial charge is 0.466 e. The van der Waals surface area contributed by atoms with E-state index in [-0.39, 0.29) is 12.4 Å². The molecule has 0 saturated heterocycles. The molecular weight excluding hydrogens is 216 g/mol. The average Bonchev–Trinajstić information content (AvgIpc) is 2.61. The molecule has 0 saturated carbocycles. The van der Waals surface area contributed by atoms with E-state index in [0.29, 0.717) is 6.61 Å². The van der Waals surface area contributed by atoms with Gasteiger partial charge in [0.1, 0.15) is 5.58 Å². The molecule has 0 radical (unpaired) electrons. The monoisotopic (exact) mass is 232 g/mol. The summed E-state index contributed by atoms with van der Waals surface area (Å²) >= 11 is 0. The van der Waals surface area contributed by atoms with Crippen LogP contribution in [-0.2, 0) is 16.0 Å². The fraction of sp³-hybridized carbons (Fsp3) is 0.357. The zero-order valence-electron chi connectivity index (χ0n) is 10.4. The first-order valence-electron chi connectivity index (χ1n) is 5.74. The van der Waals surface area contributed by atoms with Gasteiger partial charge in [-0.3, -0.25) is 4.79 Å². The highest BCUT2D eigenvalue weighted by Crippen LogP contribution is 2.26. The minimum atomic E-state index is -0.213. The third-order valence-electron chi connectivity index (χ3n) is 2.73. The Kier molecular flexibility index (Phi) is 3.18. The smallest absolute Gasteiger partial charge is 0.310 e. The Morgan fingerprint density at radius 1 is 1.35 bits per heavy atom. The molecule has 3 nitrogen and oxygen atoms in total. The van der Waals surface area contributed by atoms with E-state index in [1.807, 2.05) is 19.9 Å². The second-order valence-corrected chi connectivity index (χ2v) is 4.20. The first-order valence-corrected chi connectivity index (χ1v) is 5.74. The Labute approximate surface area is 100 Å². The summed E-state index contributed by atoms with van der Waals surface area (Å²) in [5.74, 6) is -0.213. The number of furan rings is 1. The standard InChI is InChI=1S/C14H16O3/c1-4-16-13(15)7-11-8-17-12-6-9(2)5-10(3)14(11)12/h5-6,8H,4,7H2,1-3H3. The quantitative estimate of drug-likeness (QED) is 0.763. The maximum Gasteiger partial charge on any atom is 0.310 e. The molecule has 0 aliphatic carbocycles. The number of ether oxygens (including phenoxy) is 1. The number of aryl methyl sites for hydroxylation is 2. The third-order valence-corrected chi connectivity index (χ3v) is 2.73. The molecule has 90 valence electrons. The van der Waals surface area contributed by atoms with E-state index >= 15 is 0 Å². The molecule has 0 aliphatic rings. The van der Waals surface area contributed by atoms with Gasteiger partial charge in [-0.05, 0) is 38.0 Å². The van der Waals surface area contributed by atoms with Gasteiger partial charge in [-0.25, -0.2) is 0 Å². The second-order valence-electron chi connectivity index (χ2n) is 4.20. The summed E-state index contributed by atoms with van der Waals surface area (Å²) in [4.78, 5) is 11.5. The van der Waals surface area contributed by atoms with Gasteiger partial charge in [-0.2, -0.15) is 0 Å². The Morgan fingerprint density at radius 3 is 2.82 bits per heavy atom. The van der Waals surface area contributed by atoms with Crippen molar-refractivity contribution in [2.45, 2.75) is 27.2 Å². The molecule has 0 spiro atoms. The van der Waals surface area contributed by atoms with Crippen molar-refractivity contribution in [2.75, 3.05) is 6.61 Å². The molecule has 3 heteroatoms. The average molecular weight is 232 g/mol. The maximum absolute atomic E-state index is 11.5. The fourth-order valence-electron chi connectivity index (χ4n) is 2.12. The van der Waals surface area contributed by atoms with E-state index in [1.54, 1.807) is 13.2 Å². The van der Waals surface area contributed by atoms with E-state index in [9.17, 15) is 4.79 Å². The van der Waals surface area contributed by atoms with Crippen LogP contribution in [0.15, 0.2) is 22.8 Å². The molecule has 0 fully saturated rings. The van der Waals surface area contributed by atoms with E-state index < -0.39 is 0 Å². The van der Waals surface area contributed by atoms with Crippen LogP contribution in [-0.4, -0.2) is 12.6 Å². The predicted octanol–water partition coefficient (Wildman–Crippen LogP) is 3.16. The van der Waals surface area contributed by atoms with Crippen LogP contribution < -0.4 is 0 Å². The number of carbonyl (C=O) groups excluding carboxylic acids is 1. The molecule has 1 aromatic heterocycles. The van der Waals surface area contributed by atoms with Gasteiger partial charge in [0.25, 0.3) is 0 Å². The van der Waals surface area contributed by atoms with Crippen molar-refractivity contribution in [1.82, 2.24) is 0 Å². The minimum Gasteiger partial charge on any atom is -0.466 e. The number of fused-ring (bicyclic) bond motifs is 1. The lowest BCUT2D eigenvalue weighted by molar-refractivity contribution is -0.142. The first-order chi connectivity index (χ1) is 8.11. The number of hydrogen-bond acceptors (Lipinski definition) is 3. The van der Waals surface area contributed by atoms with Crippen molar-refractivity contribution in [2.24, 2.45) is 0 Å². The van der Waals surface area contributed by atoms with Crippen molar-refractivity contribution in [3.05, 3.63) is 35.1 Å². The van der Waals surface area contributed by atoms with Gasteiger partial charge in [-0.1, -0.05) is 6.07 Å². The summed E-state index contributed by atoms with van der Waals surface area (Å²) in [7, 11) is 0. The third kappa shape index (κ3) is 2.33. The predicted molar refractivity (Wildman–Crippen MR) is 66.0 cm³/mol. The number of carbonyl (C=O) groups is 1. The van der Waals surface area contributed by atoms with E-state index in [4.69, 9.17) is 9.15 Å². The van der Waals surface area contributed by atoms with Crippen LogP contribution in [0.5, 0.6) is 0 Å². The van der Waals surface area contributed by atoms with E-state index in [2.05, 4.69) is 6.07 Å². The molecule has 1 aromatic carbocycles. The van der Waals surface area contributed by atoms with Gasteiger partial charge in [-0.15, -0.1) is 0 Å². The van der Waals surface area contributed by atoms with Crippen molar-refractivity contribution < 1.29 is 13.9 Å². The van der Waals surface area contributed by atoms with Crippen LogP contribution in [0.1, 0.15) is 23.6 Å². The minimum absolute atomic E-state index is 0.213. The van der Waals surface area contributed by atoms with Crippen LogP contribution in [0.25, 0.3) is 11.0 Å². The molecule has 0 unspecified atom stereocenters. The van der Waals surface area contributed by atoms with Crippen LogP contribution in [0.4, 0.5) is 0 Å². The fourth-order valence-corrected chi connectivity index (χ4v) is 2.12. The SMILES string of the molecule is CCOC(=O)Cc1coc2cc(C)cc(C)c12. The summed E-state index contributed by atoms with van der Waals surface area (Å²) in [6.45, 7) is 6.27. The van der Waals surface area contributed by atoms with Crippen molar-refractivity contribution >= 4 is 16.9 Å². The number of rotatable bonds is 3. The van der Waals surface area contributed by atoms with Crippen molar-refractivity contribution in [1.29, 1.82) is 0 Å². The summed E-state index contributed by atoms with van der Waals surface area (Å²) in [5, 5.41) is 1.03. The molecule has 2 rings (SSSR count). The zero-order chi connectivity index (χ0) is 12.4. The van der Waals surface area contributed by atoms with Gasteiger partial charge >= 0.3 is 5.97 Å². The summed E-state index contributed by atoms with van der Waals surface area (Å²) in [6.07, 6.45) is 1.92. The highest BCUT2D eigenvalue weighted by molar-refractivity contribution is 5.88. The summed E-state index contributed by atoms with van der Waals surface area (Å²) < 4.78 is 10.4. The summed E-state index contributed by atoms with van der Waals surface area (Å²) in [6, 6.07) is 4.07. The number of benzene rings is 1. The number of hydrogen-bond donors (Lipinski definition) is 0. The Balaban J connectivity index is 2.39. The molecule has 0 aliphatic heterocycles. The second kappa shape index (κ2) is 4.62. The van der Waals surface area contributed by atoms with Crippen LogP contribution in [0, 0.1) is 13.8 Å². The highest BCUT2D eigenvalue weighted by Gasteiger charge is 2.13. The Bertz CT molecular complexity index is 552. The van der Waals surface area contributed by atoms with Crippen LogP contribution >= 0.6 is 0 Å². The lowest BCUT2D eigenvalue weighted by Crippen LogP contribution is -2.07. The van der Waals surface area contributed by atoms with Crippen LogP contribution in [0.2, 0.25) is 0 Å². The molecule has 0 bridgehead atoms. The number of esters is 1. The normalized spacial score (nSPS) is 10.8. The lowest BCUT2D eigenvalue weighted by atomic mass is 10.0. The summed E-state index contributed by atoms with van der Waals surface area (Å²) in [5.41, 5.74) is 4.03. The van der Waals surface area contributed by atoms with E-state index in [0.717, 1.165) is 27.7 Å². The molecule has 17 heavy (non-hydrogen) atoms. The van der Waals surface area contributed by atoms with Gasteiger partial charge in [0, 0.05) is 10.9 Å². The van der Waals surface area contributed by atoms with Gasteiger partial charge in [0.2, 0.25) is 0 Å². The van der Waals surface area contributed by atoms with Gasteiger partial charge < -0.3 is 9.15 Å².